The van der Waals surface area contributed by atoms with Crippen molar-refractivity contribution in [2.45, 2.75) is 43.7 Å². The van der Waals surface area contributed by atoms with Gasteiger partial charge >= 0.3 is 5.69 Å². The molecule has 0 saturated heterocycles. The molecule has 0 spiro atoms. The Labute approximate surface area is 148 Å². The summed E-state index contributed by atoms with van der Waals surface area (Å²) in [6.45, 7) is 1.38. The van der Waals surface area contributed by atoms with Crippen molar-refractivity contribution in [2.24, 2.45) is 0 Å². The van der Waals surface area contributed by atoms with E-state index in [0.29, 0.717) is 17.4 Å². The zero-order valence-electron chi connectivity index (χ0n) is 13.1. The average molecular weight is 415 g/mol. The topological polar surface area (TPSA) is 86.0 Å². The monoisotopic (exact) mass is 414 g/mol. The summed E-state index contributed by atoms with van der Waals surface area (Å²) in [6, 6.07) is 6.54. The number of aromatic nitrogens is 3. The fourth-order valence-electron chi connectivity index (χ4n) is 2.75. The van der Waals surface area contributed by atoms with Gasteiger partial charge in [-0.15, -0.1) is 0 Å². The Morgan fingerprint density at radius 3 is 2.88 bits per heavy atom. The van der Waals surface area contributed by atoms with Crippen LogP contribution in [0, 0.1) is 0 Å². The molecule has 7 nitrogen and oxygen atoms in total. The zero-order chi connectivity index (χ0) is 17.2. The van der Waals surface area contributed by atoms with Gasteiger partial charge in [-0.05, 0) is 37.5 Å². The van der Waals surface area contributed by atoms with Crippen molar-refractivity contribution in [3.8, 4) is 0 Å². The molecule has 2 heterocycles. The van der Waals surface area contributed by atoms with E-state index in [1.54, 1.807) is 28.8 Å². The van der Waals surface area contributed by atoms with Crippen LogP contribution in [0.25, 0.3) is 0 Å². The highest BCUT2D eigenvalue weighted by molar-refractivity contribution is 9.10. The molecule has 0 fully saturated rings. The molecule has 1 aliphatic heterocycles. The van der Waals surface area contributed by atoms with E-state index < -0.39 is 10.0 Å². The van der Waals surface area contributed by atoms with E-state index in [4.69, 9.17) is 0 Å². The lowest BCUT2D eigenvalue weighted by Gasteiger charge is -2.09. The van der Waals surface area contributed by atoms with Crippen molar-refractivity contribution >= 4 is 26.0 Å². The number of fused-ring (bicyclic) bond motifs is 1. The van der Waals surface area contributed by atoms with Crippen LogP contribution in [0.4, 0.5) is 0 Å². The predicted molar refractivity (Wildman–Crippen MR) is 93.4 cm³/mol. The van der Waals surface area contributed by atoms with Gasteiger partial charge in [0.05, 0.1) is 4.90 Å². The van der Waals surface area contributed by atoms with Crippen molar-refractivity contribution in [1.29, 1.82) is 0 Å². The third-order valence-corrected chi connectivity index (χ3v) is 5.93. The maximum atomic E-state index is 12.2. The fraction of sp³-hybridized carbons (Fsp3) is 0.467. The van der Waals surface area contributed by atoms with Gasteiger partial charge in [-0.25, -0.2) is 22.6 Å². The quantitative estimate of drug-likeness (QED) is 0.725. The van der Waals surface area contributed by atoms with Crippen LogP contribution in [-0.2, 0) is 29.5 Å². The minimum Gasteiger partial charge on any atom is -0.279 e. The molecule has 1 aromatic carbocycles. The van der Waals surface area contributed by atoms with Crippen molar-refractivity contribution in [2.75, 3.05) is 6.54 Å². The van der Waals surface area contributed by atoms with E-state index in [1.807, 2.05) is 0 Å². The summed E-state index contributed by atoms with van der Waals surface area (Å²) in [4.78, 5) is 12.4. The summed E-state index contributed by atoms with van der Waals surface area (Å²) >= 11 is 3.26. The van der Waals surface area contributed by atoms with Gasteiger partial charge in [-0.3, -0.25) is 4.57 Å². The summed E-state index contributed by atoms with van der Waals surface area (Å²) in [5, 5.41) is 4.34. The van der Waals surface area contributed by atoms with Crippen LogP contribution in [-0.4, -0.2) is 29.3 Å². The first-order valence-corrected chi connectivity index (χ1v) is 10.2. The number of benzene rings is 1. The smallest absolute Gasteiger partial charge is 0.279 e. The molecule has 3 rings (SSSR count). The predicted octanol–water partition coefficient (Wildman–Crippen LogP) is 1.51. The second-order valence-electron chi connectivity index (χ2n) is 5.74. The molecule has 1 aromatic heterocycles. The SMILES string of the molecule is O=c1n(CCCNS(=O)(=O)c2cccc(Br)c2)nc2n1CCCC2. The number of hydrogen-bond acceptors (Lipinski definition) is 4. The Hall–Kier alpha value is -1.45. The summed E-state index contributed by atoms with van der Waals surface area (Å²) in [5.41, 5.74) is -0.0976. The van der Waals surface area contributed by atoms with Gasteiger partial charge in [-0.1, -0.05) is 22.0 Å². The number of halogens is 1. The molecule has 1 aliphatic rings. The molecule has 0 amide bonds. The van der Waals surface area contributed by atoms with Crippen LogP contribution in [0.3, 0.4) is 0 Å². The van der Waals surface area contributed by atoms with Gasteiger partial charge < -0.3 is 0 Å². The maximum absolute atomic E-state index is 12.2. The molecule has 0 aliphatic carbocycles. The molecule has 130 valence electrons. The minimum atomic E-state index is -3.54. The summed E-state index contributed by atoms with van der Waals surface area (Å²) in [6.07, 6.45) is 3.40. The van der Waals surface area contributed by atoms with E-state index in [2.05, 4.69) is 25.8 Å². The van der Waals surface area contributed by atoms with E-state index >= 15 is 0 Å². The highest BCUT2D eigenvalue weighted by Crippen LogP contribution is 2.15. The minimum absolute atomic E-state index is 0.0976. The molecule has 0 unspecified atom stereocenters. The average Bonchev–Trinajstić information content (AvgIpc) is 2.88. The highest BCUT2D eigenvalue weighted by atomic mass is 79.9. The van der Waals surface area contributed by atoms with Crippen molar-refractivity contribution in [3.63, 3.8) is 0 Å². The first kappa shape index (κ1) is 17.4. The number of aryl methyl sites for hydroxylation is 2. The second kappa shape index (κ2) is 7.20. The highest BCUT2D eigenvalue weighted by Gasteiger charge is 2.17. The van der Waals surface area contributed by atoms with Crippen LogP contribution < -0.4 is 10.4 Å². The van der Waals surface area contributed by atoms with Gasteiger partial charge in [0.25, 0.3) is 0 Å². The lowest BCUT2D eigenvalue weighted by atomic mass is 10.2. The molecule has 2 aromatic rings. The number of hydrogen-bond donors (Lipinski definition) is 1. The molecule has 1 N–H and O–H groups in total. The normalized spacial score (nSPS) is 14.5. The van der Waals surface area contributed by atoms with Gasteiger partial charge in [-0.2, -0.15) is 5.10 Å². The Balaban J connectivity index is 1.58. The molecular formula is C15H19BrN4O3S. The van der Waals surface area contributed by atoms with Gasteiger partial charge in [0.1, 0.15) is 5.82 Å². The summed E-state index contributed by atoms with van der Waals surface area (Å²) in [7, 11) is -3.54. The number of sulfonamides is 1. The van der Waals surface area contributed by atoms with Crippen LogP contribution in [0.15, 0.2) is 38.4 Å². The Kier molecular flexibility index (Phi) is 5.21. The lowest BCUT2D eigenvalue weighted by Crippen LogP contribution is -2.29. The van der Waals surface area contributed by atoms with E-state index in [-0.39, 0.29) is 17.1 Å². The second-order valence-corrected chi connectivity index (χ2v) is 8.42. The third-order valence-electron chi connectivity index (χ3n) is 3.98. The molecule has 0 atom stereocenters. The maximum Gasteiger partial charge on any atom is 0.345 e. The Bertz CT molecular complexity index is 888. The molecule has 0 radical (unpaired) electrons. The number of nitrogens with one attached hydrogen (secondary N) is 1. The van der Waals surface area contributed by atoms with Gasteiger partial charge in [0.15, 0.2) is 0 Å². The molecule has 24 heavy (non-hydrogen) atoms. The molecule has 0 saturated carbocycles. The Morgan fingerprint density at radius 2 is 2.12 bits per heavy atom. The van der Waals surface area contributed by atoms with Crippen molar-refractivity contribution in [3.05, 3.63) is 45.0 Å². The summed E-state index contributed by atoms with van der Waals surface area (Å²) in [5.74, 6) is 0.834. The van der Waals surface area contributed by atoms with Gasteiger partial charge in [0, 0.05) is 30.5 Å². The third kappa shape index (κ3) is 3.79. The number of nitrogens with zero attached hydrogens (tertiary/aromatic N) is 3. The fourth-order valence-corrected chi connectivity index (χ4v) is 4.42. The van der Waals surface area contributed by atoms with Crippen LogP contribution in [0.1, 0.15) is 25.1 Å². The first-order valence-electron chi connectivity index (χ1n) is 7.89. The van der Waals surface area contributed by atoms with Crippen LogP contribution >= 0.6 is 15.9 Å². The largest absolute Gasteiger partial charge is 0.345 e. The van der Waals surface area contributed by atoms with E-state index in [9.17, 15) is 13.2 Å². The van der Waals surface area contributed by atoms with Crippen LogP contribution in [0.5, 0.6) is 0 Å². The van der Waals surface area contributed by atoms with Crippen molar-refractivity contribution < 1.29 is 8.42 Å². The standard InChI is InChI=1S/C15H19BrN4O3S/c16-12-5-3-6-13(11-12)24(22,23)17-8-4-10-20-15(21)19-9-2-1-7-14(19)18-20/h3,5-6,11,17H,1-2,4,7-10H2. The first-order chi connectivity index (χ1) is 11.5. The van der Waals surface area contributed by atoms with Gasteiger partial charge in [0.2, 0.25) is 10.0 Å². The molecular weight excluding hydrogens is 396 g/mol. The zero-order valence-corrected chi connectivity index (χ0v) is 15.5. The van der Waals surface area contributed by atoms with Crippen molar-refractivity contribution in [1.82, 2.24) is 19.1 Å². The Morgan fingerprint density at radius 1 is 1.29 bits per heavy atom. The van der Waals surface area contributed by atoms with E-state index in [1.165, 1.54) is 4.68 Å². The van der Waals surface area contributed by atoms with Crippen LogP contribution in [0.2, 0.25) is 0 Å². The summed E-state index contributed by atoms with van der Waals surface area (Å²) < 4.78 is 30.8. The molecule has 0 bridgehead atoms. The molecule has 9 heteroatoms. The number of rotatable bonds is 6. The lowest BCUT2D eigenvalue weighted by molar-refractivity contribution is 0.508. The van der Waals surface area contributed by atoms with E-state index in [0.717, 1.165) is 31.6 Å².